The Morgan fingerprint density at radius 1 is 1.19 bits per heavy atom. The minimum Gasteiger partial charge on any atom is -0.375 e. The quantitative estimate of drug-likeness (QED) is 0.563. The highest BCUT2D eigenvalue weighted by Crippen LogP contribution is 2.26. The summed E-state index contributed by atoms with van der Waals surface area (Å²) in [6.45, 7) is 13.7. The summed E-state index contributed by atoms with van der Waals surface area (Å²) in [5.74, 6) is 1.47. The van der Waals surface area contributed by atoms with Crippen LogP contribution in [0.2, 0.25) is 0 Å². The molecule has 1 heterocycles. The van der Waals surface area contributed by atoms with Crippen LogP contribution in [-0.4, -0.2) is 31.1 Å². The zero-order valence-electron chi connectivity index (χ0n) is 17.6. The molecule has 0 aliphatic carbocycles. The fraction of sp³-hybridized carbons (Fsp3) is 0.667. The van der Waals surface area contributed by atoms with E-state index in [0.717, 1.165) is 5.92 Å². The minimum absolute atomic E-state index is 0.672. The molecule has 0 saturated carbocycles. The lowest BCUT2D eigenvalue weighted by molar-refractivity contribution is 0.238. The van der Waals surface area contributed by atoms with Crippen LogP contribution in [0, 0.1) is 12.8 Å². The first kappa shape index (κ1) is 21.0. The maximum atomic E-state index is 4.36. The Labute approximate surface area is 162 Å². The highest BCUT2D eigenvalue weighted by Gasteiger charge is 2.18. The van der Waals surface area contributed by atoms with Gasteiger partial charge in [0, 0.05) is 24.8 Å². The molecule has 2 heteroatoms. The highest BCUT2D eigenvalue weighted by molar-refractivity contribution is 5.24. The molecule has 0 bridgehead atoms. The first-order valence-electron chi connectivity index (χ1n) is 10.7. The smallest absolute Gasteiger partial charge is 0.0189 e. The molecule has 0 aromatic heterocycles. The third-order valence-electron chi connectivity index (χ3n) is 6.22. The summed E-state index contributed by atoms with van der Waals surface area (Å²) >= 11 is 0. The van der Waals surface area contributed by atoms with Crippen molar-refractivity contribution >= 4 is 0 Å². The van der Waals surface area contributed by atoms with Gasteiger partial charge in [-0.2, -0.15) is 0 Å². The second-order valence-corrected chi connectivity index (χ2v) is 8.51. The number of hydrogen-bond donors (Lipinski definition) is 1. The van der Waals surface area contributed by atoms with Gasteiger partial charge in [0.25, 0.3) is 0 Å². The summed E-state index contributed by atoms with van der Waals surface area (Å²) in [7, 11) is 2.08. The van der Waals surface area contributed by atoms with Gasteiger partial charge in [0.05, 0.1) is 0 Å². The third kappa shape index (κ3) is 6.79. The number of hydrogen-bond acceptors (Lipinski definition) is 2. The number of nitrogens with one attached hydrogen (secondary N) is 1. The summed E-state index contributed by atoms with van der Waals surface area (Å²) < 4.78 is 0. The Hall–Kier alpha value is -1.28. The number of aryl methyl sites for hydroxylation is 1. The Balaban J connectivity index is 1.61. The topological polar surface area (TPSA) is 15.3 Å². The van der Waals surface area contributed by atoms with Crippen LogP contribution in [0.15, 0.2) is 36.5 Å². The van der Waals surface area contributed by atoms with E-state index in [1.54, 1.807) is 0 Å². The Morgan fingerprint density at radius 2 is 1.92 bits per heavy atom. The van der Waals surface area contributed by atoms with Crippen LogP contribution in [0.3, 0.4) is 0 Å². The standard InChI is InChI=1S/C24H40N2/c1-19(8-6-10-21(3)23-11-7-9-20(2)18-23)12-13-22(4)26-16-14-24(25-5)15-17-26/h7,9,11,18-19,21,24-25H,4,6,8,10,12-17H2,1-3,5H3/t19-,21+/m1/s1. The molecule has 146 valence electrons. The van der Waals surface area contributed by atoms with Gasteiger partial charge in [-0.25, -0.2) is 0 Å². The third-order valence-corrected chi connectivity index (χ3v) is 6.22. The average Bonchev–Trinajstić information content (AvgIpc) is 2.66. The lowest BCUT2D eigenvalue weighted by atomic mass is 9.91. The maximum absolute atomic E-state index is 4.36. The predicted molar refractivity (Wildman–Crippen MR) is 115 cm³/mol. The largest absolute Gasteiger partial charge is 0.375 e. The van der Waals surface area contributed by atoms with Crippen molar-refractivity contribution in [3.63, 3.8) is 0 Å². The Morgan fingerprint density at radius 3 is 2.58 bits per heavy atom. The van der Waals surface area contributed by atoms with Crippen molar-refractivity contribution in [3.8, 4) is 0 Å². The monoisotopic (exact) mass is 356 g/mol. The molecule has 1 fully saturated rings. The fourth-order valence-electron chi connectivity index (χ4n) is 4.12. The predicted octanol–water partition coefficient (Wildman–Crippen LogP) is 5.88. The molecule has 1 aromatic carbocycles. The molecule has 1 aliphatic heterocycles. The zero-order chi connectivity index (χ0) is 18.9. The summed E-state index contributed by atoms with van der Waals surface area (Å²) in [4.78, 5) is 2.51. The molecule has 1 aliphatic rings. The molecule has 1 aromatic rings. The molecular weight excluding hydrogens is 316 g/mol. The number of nitrogens with zero attached hydrogens (tertiary/aromatic N) is 1. The van der Waals surface area contributed by atoms with E-state index in [1.807, 2.05) is 0 Å². The molecule has 2 rings (SSSR count). The number of allylic oxidation sites excluding steroid dienone is 1. The van der Waals surface area contributed by atoms with Gasteiger partial charge in [-0.1, -0.05) is 63.1 Å². The fourth-order valence-corrected chi connectivity index (χ4v) is 4.12. The van der Waals surface area contributed by atoms with E-state index in [2.05, 4.69) is 68.9 Å². The SMILES string of the molecule is C=C(CC[C@H](C)CCC[C@H](C)c1cccc(C)c1)N1CCC(NC)CC1. The normalized spacial score (nSPS) is 17.9. The molecule has 2 nitrogen and oxygen atoms in total. The molecule has 1 N–H and O–H groups in total. The van der Waals surface area contributed by atoms with Crippen molar-refractivity contribution in [2.24, 2.45) is 5.92 Å². The van der Waals surface area contributed by atoms with Gasteiger partial charge < -0.3 is 10.2 Å². The van der Waals surface area contributed by atoms with E-state index in [1.165, 1.54) is 74.9 Å². The van der Waals surface area contributed by atoms with Gasteiger partial charge >= 0.3 is 0 Å². The van der Waals surface area contributed by atoms with Gasteiger partial charge in [-0.05, 0) is 63.5 Å². The molecule has 0 radical (unpaired) electrons. The van der Waals surface area contributed by atoms with E-state index in [0.29, 0.717) is 12.0 Å². The molecule has 1 saturated heterocycles. The zero-order valence-corrected chi connectivity index (χ0v) is 17.6. The van der Waals surface area contributed by atoms with Crippen LogP contribution in [0.1, 0.15) is 75.8 Å². The first-order chi connectivity index (χ1) is 12.5. The number of piperidine rings is 1. The van der Waals surface area contributed by atoms with Gasteiger partial charge in [-0.15, -0.1) is 0 Å². The first-order valence-corrected chi connectivity index (χ1v) is 10.7. The Kier molecular flexibility index (Phi) is 8.71. The van der Waals surface area contributed by atoms with Crippen molar-refractivity contribution in [1.29, 1.82) is 0 Å². The summed E-state index contributed by atoms with van der Waals surface area (Å²) in [5.41, 5.74) is 4.23. The molecular formula is C24H40N2. The second-order valence-electron chi connectivity index (χ2n) is 8.51. The van der Waals surface area contributed by atoms with Gasteiger partial charge in [0.1, 0.15) is 0 Å². The molecule has 0 unspecified atom stereocenters. The summed E-state index contributed by atoms with van der Waals surface area (Å²) in [6, 6.07) is 9.70. The van der Waals surface area contributed by atoms with E-state index >= 15 is 0 Å². The number of likely N-dealkylation sites (tertiary alicyclic amines) is 1. The van der Waals surface area contributed by atoms with Crippen LogP contribution in [0.25, 0.3) is 0 Å². The molecule has 2 atom stereocenters. The summed E-state index contributed by atoms with van der Waals surface area (Å²) in [6.07, 6.45) is 8.92. The van der Waals surface area contributed by atoms with Crippen molar-refractivity contribution in [2.75, 3.05) is 20.1 Å². The van der Waals surface area contributed by atoms with Gasteiger partial charge in [-0.3, -0.25) is 0 Å². The summed E-state index contributed by atoms with van der Waals surface area (Å²) in [5, 5.41) is 3.40. The van der Waals surface area contributed by atoms with Crippen LogP contribution >= 0.6 is 0 Å². The molecule has 0 amide bonds. The van der Waals surface area contributed by atoms with E-state index in [-0.39, 0.29) is 0 Å². The molecule has 0 spiro atoms. The number of benzene rings is 1. The van der Waals surface area contributed by atoms with E-state index in [9.17, 15) is 0 Å². The van der Waals surface area contributed by atoms with Crippen LogP contribution in [0.5, 0.6) is 0 Å². The van der Waals surface area contributed by atoms with Crippen LogP contribution in [0.4, 0.5) is 0 Å². The van der Waals surface area contributed by atoms with Crippen molar-refractivity contribution < 1.29 is 0 Å². The second kappa shape index (κ2) is 10.8. The van der Waals surface area contributed by atoms with Gasteiger partial charge in [0.2, 0.25) is 0 Å². The minimum atomic E-state index is 0.672. The highest BCUT2D eigenvalue weighted by atomic mass is 15.1. The lowest BCUT2D eigenvalue weighted by Crippen LogP contribution is -2.40. The van der Waals surface area contributed by atoms with Crippen LogP contribution in [-0.2, 0) is 0 Å². The Bertz CT molecular complexity index is 543. The van der Waals surface area contributed by atoms with Crippen molar-refractivity contribution in [2.45, 2.75) is 77.7 Å². The van der Waals surface area contributed by atoms with Crippen LogP contribution < -0.4 is 5.32 Å². The maximum Gasteiger partial charge on any atom is 0.0189 e. The van der Waals surface area contributed by atoms with E-state index < -0.39 is 0 Å². The van der Waals surface area contributed by atoms with E-state index in [4.69, 9.17) is 0 Å². The molecule has 26 heavy (non-hydrogen) atoms. The lowest BCUT2D eigenvalue weighted by Gasteiger charge is -2.35. The average molecular weight is 357 g/mol. The van der Waals surface area contributed by atoms with Gasteiger partial charge in [0.15, 0.2) is 0 Å². The van der Waals surface area contributed by atoms with Crippen molar-refractivity contribution in [3.05, 3.63) is 47.7 Å². The number of rotatable bonds is 10. The van der Waals surface area contributed by atoms with Crippen molar-refractivity contribution in [1.82, 2.24) is 10.2 Å².